The van der Waals surface area contributed by atoms with Crippen LogP contribution < -0.4 is 5.32 Å². The Labute approximate surface area is 128 Å². The Morgan fingerprint density at radius 3 is 2.45 bits per heavy atom. The largest absolute Gasteiger partial charge is 0.371 e. The van der Waals surface area contributed by atoms with E-state index in [9.17, 15) is 0 Å². The Morgan fingerprint density at radius 2 is 1.95 bits per heavy atom. The Kier molecular flexibility index (Phi) is 6.62. The Balaban J connectivity index is 2.81. The molecule has 0 saturated carbocycles. The van der Waals surface area contributed by atoms with Gasteiger partial charge in [0, 0.05) is 18.0 Å². The first-order valence-corrected chi connectivity index (χ1v) is 8.35. The molecule has 1 rings (SSSR count). The van der Waals surface area contributed by atoms with Crippen molar-refractivity contribution in [3.8, 4) is 0 Å². The van der Waals surface area contributed by atoms with Crippen LogP contribution in [0, 0.1) is 18.3 Å². The molecule has 0 bridgehead atoms. The molecule has 0 spiro atoms. The number of hydrogen-bond acceptors (Lipinski definition) is 4. The van der Waals surface area contributed by atoms with Crippen LogP contribution >= 0.6 is 11.3 Å². The third kappa shape index (κ3) is 5.15. The van der Waals surface area contributed by atoms with E-state index in [4.69, 9.17) is 9.72 Å². The lowest BCUT2D eigenvalue weighted by Crippen LogP contribution is -2.21. The van der Waals surface area contributed by atoms with Gasteiger partial charge in [-0.25, -0.2) is 4.98 Å². The number of rotatable bonds is 7. The van der Waals surface area contributed by atoms with Gasteiger partial charge in [0.25, 0.3) is 0 Å². The second kappa shape index (κ2) is 7.53. The summed E-state index contributed by atoms with van der Waals surface area (Å²) in [4.78, 5) is 6.08. The number of thiazole rings is 1. The first kappa shape index (κ1) is 17.6. The molecule has 0 radical (unpaired) electrons. The maximum absolute atomic E-state index is 5.93. The number of aryl methyl sites for hydroxylation is 1. The van der Waals surface area contributed by atoms with Crippen LogP contribution in [0.5, 0.6) is 0 Å². The Hall–Kier alpha value is -0.450. The summed E-state index contributed by atoms with van der Waals surface area (Å²) in [6.45, 7) is 17.9. The van der Waals surface area contributed by atoms with Crippen LogP contribution in [-0.2, 0) is 11.3 Å². The third-order valence-corrected chi connectivity index (χ3v) is 4.29. The van der Waals surface area contributed by atoms with Gasteiger partial charge in [-0.05, 0) is 31.7 Å². The molecular formula is C16H30N2OS. The minimum absolute atomic E-state index is 0.0724. The van der Waals surface area contributed by atoms with Crippen LogP contribution in [-0.4, -0.2) is 18.1 Å². The van der Waals surface area contributed by atoms with Crippen molar-refractivity contribution in [1.29, 1.82) is 0 Å². The van der Waals surface area contributed by atoms with Crippen molar-refractivity contribution in [1.82, 2.24) is 10.3 Å². The van der Waals surface area contributed by atoms with Gasteiger partial charge in [0.15, 0.2) is 0 Å². The first-order chi connectivity index (χ1) is 9.25. The molecule has 1 atom stereocenters. The predicted octanol–water partition coefficient (Wildman–Crippen LogP) is 4.32. The van der Waals surface area contributed by atoms with Crippen molar-refractivity contribution in [3.63, 3.8) is 0 Å². The van der Waals surface area contributed by atoms with Gasteiger partial charge >= 0.3 is 0 Å². The van der Waals surface area contributed by atoms with Crippen molar-refractivity contribution >= 4 is 11.3 Å². The molecule has 0 aliphatic carbocycles. The fraction of sp³-hybridized carbons (Fsp3) is 0.812. The smallest absolute Gasteiger partial charge is 0.123 e. The van der Waals surface area contributed by atoms with Gasteiger partial charge < -0.3 is 10.1 Å². The van der Waals surface area contributed by atoms with Gasteiger partial charge in [0.05, 0.1) is 5.69 Å². The highest BCUT2D eigenvalue weighted by atomic mass is 32.1. The van der Waals surface area contributed by atoms with Crippen molar-refractivity contribution < 1.29 is 4.74 Å². The van der Waals surface area contributed by atoms with Gasteiger partial charge in [-0.15, -0.1) is 11.3 Å². The number of aromatic nitrogens is 1. The van der Waals surface area contributed by atoms with Gasteiger partial charge in [-0.3, -0.25) is 0 Å². The molecular weight excluding hydrogens is 268 g/mol. The second-order valence-corrected chi connectivity index (χ2v) is 7.90. The lowest BCUT2D eigenvalue weighted by atomic mass is 9.89. The summed E-state index contributed by atoms with van der Waals surface area (Å²) in [7, 11) is 0. The molecule has 116 valence electrons. The highest BCUT2D eigenvalue weighted by Gasteiger charge is 2.30. The fourth-order valence-electron chi connectivity index (χ4n) is 2.06. The maximum atomic E-state index is 5.93. The van der Waals surface area contributed by atoms with Crippen LogP contribution in [0.3, 0.4) is 0 Å². The number of hydrogen-bond donors (Lipinski definition) is 1. The highest BCUT2D eigenvalue weighted by Crippen LogP contribution is 2.38. The molecule has 3 nitrogen and oxygen atoms in total. The summed E-state index contributed by atoms with van der Waals surface area (Å²) in [5.41, 5.74) is 1.21. The molecule has 4 heteroatoms. The van der Waals surface area contributed by atoms with E-state index in [1.54, 1.807) is 11.3 Å². The van der Waals surface area contributed by atoms with Gasteiger partial charge in [0.1, 0.15) is 11.1 Å². The first-order valence-electron chi connectivity index (χ1n) is 7.54. The van der Waals surface area contributed by atoms with Crippen molar-refractivity contribution in [2.45, 2.75) is 61.1 Å². The van der Waals surface area contributed by atoms with E-state index in [1.807, 2.05) is 6.92 Å². The average molecular weight is 298 g/mol. The summed E-state index contributed by atoms with van der Waals surface area (Å²) in [6.07, 6.45) is 0.0787. The summed E-state index contributed by atoms with van der Waals surface area (Å²) < 4.78 is 5.93. The molecule has 0 aliphatic rings. The highest BCUT2D eigenvalue weighted by molar-refractivity contribution is 7.11. The van der Waals surface area contributed by atoms with Crippen LogP contribution in [0.25, 0.3) is 0 Å². The lowest BCUT2D eigenvalue weighted by molar-refractivity contribution is -0.0134. The molecule has 0 aromatic carbocycles. The minimum Gasteiger partial charge on any atom is -0.371 e. The average Bonchev–Trinajstić information content (AvgIpc) is 2.65. The maximum Gasteiger partial charge on any atom is 0.123 e. The van der Waals surface area contributed by atoms with Crippen LogP contribution in [0.4, 0.5) is 0 Å². The molecule has 1 N–H and O–H groups in total. The fourth-order valence-corrected chi connectivity index (χ4v) is 3.39. The molecule has 0 saturated heterocycles. The van der Waals surface area contributed by atoms with E-state index in [-0.39, 0.29) is 11.5 Å². The summed E-state index contributed by atoms with van der Waals surface area (Å²) in [5, 5.41) is 4.60. The van der Waals surface area contributed by atoms with Gasteiger partial charge in [0.2, 0.25) is 0 Å². The van der Waals surface area contributed by atoms with Crippen molar-refractivity contribution in [3.05, 3.63) is 15.6 Å². The molecule has 0 amide bonds. The van der Waals surface area contributed by atoms with Crippen molar-refractivity contribution in [2.75, 3.05) is 13.2 Å². The molecule has 1 heterocycles. The zero-order chi connectivity index (χ0) is 15.3. The quantitative estimate of drug-likeness (QED) is 0.814. The number of nitrogens with one attached hydrogen (secondary N) is 1. The monoisotopic (exact) mass is 298 g/mol. The molecule has 0 aliphatic heterocycles. The van der Waals surface area contributed by atoms with E-state index in [0.717, 1.165) is 30.4 Å². The SMILES string of the molecule is CCOC(c1nc(C)c(CNCC(C)C)s1)C(C)(C)C. The standard InChI is InChI=1S/C16H30N2OS/c1-8-19-14(16(5,6)7)15-18-12(4)13(20-15)10-17-9-11(2)3/h11,14,17H,8-10H2,1-7H3. The second-order valence-electron chi connectivity index (χ2n) is 6.79. The molecule has 1 unspecified atom stereocenters. The topological polar surface area (TPSA) is 34.1 Å². The molecule has 1 aromatic heterocycles. The summed E-state index contributed by atoms with van der Waals surface area (Å²) in [6, 6.07) is 0. The molecule has 20 heavy (non-hydrogen) atoms. The zero-order valence-electron chi connectivity index (χ0n) is 14.0. The molecule has 1 aromatic rings. The van der Waals surface area contributed by atoms with E-state index in [0.29, 0.717) is 5.92 Å². The van der Waals surface area contributed by atoms with Crippen molar-refractivity contribution in [2.24, 2.45) is 11.3 Å². The predicted molar refractivity (Wildman–Crippen MR) is 87.2 cm³/mol. The minimum atomic E-state index is 0.0724. The van der Waals surface area contributed by atoms with E-state index >= 15 is 0 Å². The van der Waals surface area contributed by atoms with E-state index in [1.165, 1.54) is 4.88 Å². The van der Waals surface area contributed by atoms with E-state index in [2.05, 4.69) is 46.9 Å². The molecule has 0 fully saturated rings. The lowest BCUT2D eigenvalue weighted by Gasteiger charge is -2.28. The number of nitrogens with zero attached hydrogens (tertiary/aromatic N) is 1. The van der Waals surface area contributed by atoms with Crippen LogP contribution in [0.2, 0.25) is 0 Å². The summed E-state index contributed by atoms with van der Waals surface area (Å²) >= 11 is 1.79. The Bertz CT molecular complexity index is 407. The van der Waals surface area contributed by atoms with Crippen LogP contribution in [0.15, 0.2) is 0 Å². The van der Waals surface area contributed by atoms with E-state index < -0.39 is 0 Å². The number of ether oxygens (including phenoxy) is 1. The van der Waals surface area contributed by atoms with Crippen LogP contribution in [0.1, 0.15) is 63.2 Å². The third-order valence-electron chi connectivity index (χ3n) is 3.09. The van der Waals surface area contributed by atoms with Gasteiger partial charge in [-0.2, -0.15) is 0 Å². The summed E-state index contributed by atoms with van der Waals surface area (Å²) in [5.74, 6) is 0.674. The Morgan fingerprint density at radius 1 is 1.30 bits per heavy atom. The normalized spacial score (nSPS) is 14.0. The van der Waals surface area contributed by atoms with Gasteiger partial charge in [-0.1, -0.05) is 34.6 Å². The zero-order valence-corrected chi connectivity index (χ0v) is 14.9.